The Hall–Kier alpha value is -1.15. The molecule has 0 aliphatic rings. The average molecular weight is 244 g/mol. The fourth-order valence-corrected chi connectivity index (χ4v) is 1.08. The van der Waals surface area contributed by atoms with Crippen LogP contribution >= 0.6 is 0 Å². The van der Waals surface area contributed by atoms with E-state index in [4.69, 9.17) is 5.11 Å². The first-order chi connectivity index (χ1) is 6.16. The number of aromatic hydroxyl groups is 1. The third kappa shape index (κ3) is 2.67. The number of carboxylic acid groups (broad SMARTS) is 1. The molecule has 0 saturated heterocycles. The van der Waals surface area contributed by atoms with Crippen molar-refractivity contribution >= 4 is 5.97 Å². The molecule has 3 nitrogen and oxygen atoms in total. The Labute approximate surface area is 94.8 Å². The van der Waals surface area contributed by atoms with E-state index in [0.29, 0.717) is 12.0 Å². The molecule has 70 valence electrons. The second-order valence-electron chi connectivity index (χ2n) is 2.61. The van der Waals surface area contributed by atoms with Crippen LogP contribution in [0.25, 0.3) is 0 Å². The van der Waals surface area contributed by atoms with E-state index in [1.807, 2.05) is 0 Å². The molecule has 0 aliphatic carbocycles. The smallest absolute Gasteiger partial charge is 0.339 e. The van der Waals surface area contributed by atoms with Crippen LogP contribution in [-0.4, -0.2) is 16.2 Å². The summed E-state index contributed by atoms with van der Waals surface area (Å²) in [4.78, 5) is 10.6. The molecule has 14 heavy (non-hydrogen) atoms. The molecule has 0 radical (unpaired) electrons. The molecule has 1 rings (SSSR count). The predicted octanol–water partition coefficient (Wildman–Crippen LogP) is 1.82. The number of hydrogen-bond acceptors (Lipinski definition) is 2. The van der Waals surface area contributed by atoms with Crippen LogP contribution < -0.4 is 0 Å². The molecule has 4 heteroatoms. The molecule has 0 atom stereocenters. The van der Waals surface area contributed by atoms with Gasteiger partial charge in [-0.2, -0.15) is 0 Å². The largest absolute Gasteiger partial charge is 0.507 e. The second-order valence-corrected chi connectivity index (χ2v) is 2.61. The molecule has 0 saturated carbocycles. The van der Waals surface area contributed by atoms with Crippen LogP contribution in [0.4, 0.5) is 0 Å². The number of benzene rings is 1. The summed E-state index contributed by atoms with van der Waals surface area (Å²) in [5, 5.41) is 18.1. The molecule has 0 unspecified atom stereocenters. The Morgan fingerprint density at radius 2 is 2.14 bits per heavy atom. The van der Waals surface area contributed by atoms with Crippen molar-refractivity contribution in [2.45, 2.75) is 6.42 Å². The van der Waals surface area contributed by atoms with E-state index < -0.39 is 5.97 Å². The van der Waals surface area contributed by atoms with Crippen molar-refractivity contribution in [2.24, 2.45) is 0 Å². The van der Waals surface area contributed by atoms with Crippen molar-refractivity contribution in [1.82, 2.24) is 0 Å². The number of aromatic carboxylic acids is 1. The van der Waals surface area contributed by atoms with Gasteiger partial charge in [0.2, 0.25) is 0 Å². The van der Waals surface area contributed by atoms with Crippen molar-refractivity contribution in [1.29, 1.82) is 0 Å². The van der Waals surface area contributed by atoms with E-state index in [2.05, 4.69) is 6.58 Å². The maximum absolute atomic E-state index is 10.6. The topological polar surface area (TPSA) is 57.5 Å². The summed E-state index contributed by atoms with van der Waals surface area (Å²) in [6, 6.07) is 4.63. The Morgan fingerprint density at radius 3 is 2.64 bits per heavy atom. The predicted molar refractivity (Wildman–Crippen MR) is 49.0 cm³/mol. The summed E-state index contributed by atoms with van der Waals surface area (Å²) >= 11 is 0. The van der Waals surface area contributed by atoms with Gasteiger partial charge in [-0.25, -0.2) is 4.79 Å². The number of phenols is 1. The van der Waals surface area contributed by atoms with E-state index in [1.54, 1.807) is 18.2 Å². The molecule has 0 spiro atoms. The number of para-hydroxylation sites is 1. The molecule has 0 aliphatic heterocycles. The van der Waals surface area contributed by atoms with E-state index in [9.17, 15) is 9.90 Å². The van der Waals surface area contributed by atoms with Gasteiger partial charge in [-0.05, 0) is 18.1 Å². The van der Waals surface area contributed by atoms with Gasteiger partial charge in [0, 0.05) is 19.5 Å². The van der Waals surface area contributed by atoms with Gasteiger partial charge in [0.25, 0.3) is 0 Å². The Bertz CT molecular complexity index is 347. The maximum Gasteiger partial charge on any atom is 0.339 e. The molecule has 0 fully saturated rings. The minimum Gasteiger partial charge on any atom is -0.507 e. The van der Waals surface area contributed by atoms with Gasteiger partial charge in [0.05, 0.1) is 0 Å². The van der Waals surface area contributed by atoms with Crippen molar-refractivity contribution in [3.05, 3.63) is 42.0 Å². The molecule has 0 heterocycles. The Kier molecular flexibility index (Phi) is 5.10. The van der Waals surface area contributed by atoms with Gasteiger partial charge in [-0.3, -0.25) is 0 Å². The summed E-state index contributed by atoms with van der Waals surface area (Å²) in [7, 11) is 0. The SMILES string of the molecule is C=CCc1cccc(C(=O)O)c1O.[Zn]. The minimum absolute atomic E-state index is 0. The number of carbonyl (C=O) groups is 1. The maximum atomic E-state index is 10.6. The van der Waals surface area contributed by atoms with Gasteiger partial charge in [0.1, 0.15) is 11.3 Å². The fourth-order valence-electron chi connectivity index (χ4n) is 1.08. The van der Waals surface area contributed by atoms with E-state index >= 15 is 0 Å². The second kappa shape index (κ2) is 5.56. The van der Waals surface area contributed by atoms with Crippen LogP contribution in [0.5, 0.6) is 5.75 Å². The molecule has 0 amide bonds. The number of rotatable bonds is 3. The summed E-state index contributed by atoms with van der Waals surface area (Å²) in [6.07, 6.45) is 2.08. The fraction of sp³-hybridized carbons (Fsp3) is 0.100. The van der Waals surface area contributed by atoms with E-state index in [0.717, 1.165) is 0 Å². The molecular formula is C10H10O3Zn. The average Bonchev–Trinajstić information content (AvgIpc) is 2.08. The number of carboxylic acids is 1. The van der Waals surface area contributed by atoms with Gasteiger partial charge in [-0.15, -0.1) is 6.58 Å². The molecule has 1 aromatic carbocycles. The third-order valence-electron chi connectivity index (χ3n) is 1.71. The van der Waals surface area contributed by atoms with Crippen LogP contribution in [0.2, 0.25) is 0 Å². The molecular weight excluding hydrogens is 233 g/mol. The Morgan fingerprint density at radius 1 is 1.50 bits per heavy atom. The third-order valence-corrected chi connectivity index (χ3v) is 1.71. The van der Waals surface area contributed by atoms with Crippen molar-refractivity contribution in [3.8, 4) is 5.75 Å². The van der Waals surface area contributed by atoms with E-state index in [1.165, 1.54) is 6.07 Å². The van der Waals surface area contributed by atoms with Gasteiger partial charge < -0.3 is 10.2 Å². The first-order valence-electron chi connectivity index (χ1n) is 3.82. The summed E-state index contributed by atoms with van der Waals surface area (Å²) < 4.78 is 0. The quantitative estimate of drug-likeness (QED) is 0.629. The van der Waals surface area contributed by atoms with Crippen molar-refractivity contribution < 1.29 is 34.5 Å². The zero-order chi connectivity index (χ0) is 9.84. The van der Waals surface area contributed by atoms with Crippen LogP contribution in [0.1, 0.15) is 15.9 Å². The number of allylic oxidation sites excluding steroid dienone is 1. The zero-order valence-electron chi connectivity index (χ0n) is 7.73. The van der Waals surface area contributed by atoms with Crippen LogP contribution in [0, 0.1) is 0 Å². The van der Waals surface area contributed by atoms with Gasteiger partial charge in [0.15, 0.2) is 0 Å². The monoisotopic (exact) mass is 242 g/mol. The molecule has 0 bridgehead atoms. The summed E-state index contributed by atoms with van der Waals surface area (Å²) in [6.45, 7) is 3.51. The van der Waals surface area contributed by atoms with Crippen molar-refractivity contribution in [2.75, 3.05) is 0 Å². The molecule has 1 aromatic rings. The summed E-state index contributed by atoms with van der Waals surface area (Å²) in [5.41, 5.74) is 0.509. The van der Waals surface area contributed by atoms with Crippen LogP contribution in [0.15, 0.2) is 30.9 Å². The summed E-state index contributed by atoms with van der Waals surface area (Å²) in [5.74, 6) is -1.29. The van der Waals surface area contributed by atoms with Crippen LogP contribution in [0.3, 0.4) is 0 Å². The van der Waals surface area contributed by atoms with Crippen molar-refractivity contribution in [3.63, 3.8) is 0 Å². The standard InChI is InChI=1S/C10H10O3.Zn/c1-2-4-7-5-3-6-8(9(7)11)10(12)13;/h2-3,5-6,11H,1,4H2,(H,12,13);. The minimum atomic E-state index is -1.12. The first kappa shape index (κ1) is 12.9. The molecule has 0 aromatic heterocycles. The normalized spacial score (nSPS) is 8.86. The van der Waals surface area contributed by atoms with E-state index in [-0.39, 0.29) is 30.8 Å². The zero-order valence-corrected chi connectivity index (χ0v) is 10.7. The Balaban J connectivity index is 0.00000169. The van der Waals surface area contributed by atoms with Crippen LogP contribution in [-0.2, 0) is 25.9 Å². The first-order valence-corrected chi connectivity index (χ1v) is 3.82. The number of hydrogen-bond donors (Lipinski definition) is 2. The molecule has 2 N–H and O–H groups in total. The van der Waals surface area contributed by atoms with Gasteiger partial charge in [-0.1, -0.05) is 18.2 Å². The van der Waals surface area contributed by atoms with Gasteiger partial charge >= 0.3 is 5.97 Å².